The van der Waals surface area contributed by atoms with Gasteiger partial charge in [-0.25, -0.2) is 4.63 Å². The predicted molar refractivity (Wildman–Crippen MR) is 71.4 cm³/mol. The fourth-order valence-corrected chi connectivity index (χ4v) is 2.18. The zero-order valence-electron chi connectivity index (χ0n) is 11.0. The van der Waals surface area contributed by atoms with E-state index >= 15 is 0 Å². The van der Waals surface area contributed by atoms with E-state index in [1.54, 1.807) is 18.2 Å². The minimum atomic E-state index is -0.108. The fourth-order valence-electron chi connectivity index (χ4n) is 2.18. The third kappa shape index (κ3) is 2.94. The Bertz CT molecular complexity index is 592. The number of rotatable bonds is 4. The highest BCUT2D eigenvalue weighted by atomic mass is 16.6. The molecular weight excluding hydrogens is 260 g/mol. The van der Waals surface area contributed by atoms with E-state index in [-0.39, 0.29) is 5.91 Å². The van der Waals surface area contributed by atoms with E-state index < -0.39 is 0 Å². The molecule has 1 amide bonds. The molecule has 2 heterocycles. The number of amides is 1. The molecule has 0 atom stereocenters. The Labute approximate surface area is 115 Å². The Balaban J connectivity index is 1.53. The summed E-state index contributed by atoms with van der Waals surface area (Å²) >= 11 is 0. The molecule has 2 aromatic rings. The van der Waals surface area contributed by atoms with Gasteiger partial charge in [-0.05, 0) is 28.5 Å². The number of fused-ring (bicyclic) bond motifs is 1. The summed E-state index contributed by atoms with van der Waals surface area (Å²) < 4.78 is 9.89. The molecule has 7 heteroatoms. The summed E-state index contributed by atoms with van der Waals surface area (Å²) in [7, 11) is 0. The van der Waals surface area contributed by atoms with E-state index in [2.05, 4.69) is 25.2 Å². The fraction of sp³-hybridized carbons (Fsp3) is 0.462. The lowest BCUT2D eigenvalue weighted by atomic mass is 10.2. The highest BCUT2D eigenvalue weighted by Gasteiger charge is 2.11. The molecule has 1 aromatic heterocycles. The first-order valence-electron chi connectivity index (χ1n) is 6.63. The average Bonchev–Trinajstić information content (AvgIpc) is 2.95. The van der Waals surface area contributed by atoms with Crippen LogP contribution < -0.4 is 5.32 Å². The molecule has 7 nitrogen and oxygen atoms in total. The molecule has 0 saturated carbocycles. The molecule has 0 aliphatic carbocycles. The van der Waals surface area contributed by atoms with E-state index in [1.165, 1.54) is 0 Å². The van der Waals surface area contributed by atoms with E-state index in [0.717, 1.165) is 32.8 Å². The van der Waals surface area contributed by atoms with Crippen molar-refractivity contribution in [2.45, 2.75) is 0 Å². The average molecular weight is 276 g/mol. The number of hydrogen-bond acceptors (Lipinski definition) is 6. The standard InChI is InChI=1S/C13H16N4O3/c18-13(14-3-4-17-5-7-19-8-6-17)10-1-2-11-12(9-10)16-20-15-11/h1-2,9H,3-8H2,(H,14,18). The van der Waals surface area contributed by atoms with Crippen molar-refractivity contribution in [2.24, 2.45) is 0 Å². The van der Waals surface area contributed by atoms with Crippen molar-refractivity contribution in [3.63, 3.8) is 0 Å². The third-order valence-electron chi connectivity index (χ3n) is 3.33. The van der Waals surface area contributed by atoms with Gasteiger partial charge in [0.05, 0.1) is 13.2 Å². The Morgan fingerprint density at radius 1 is 1.25 bits per heavy atom. The van der Waals surface area contributed by atoms with Gasteiger partial charge in [-0.15, -0.1) is 0 Å². The molecule has 0 radical (unpaired) electrons. The van der Waals surface area contributed by atoms with Crippen LogP contribution in [0.3, 0.4) is 0 Å². The summed E-state index contributed by atoms with van der Waals surface area (Å²) in [5, 5.41) is 10.3. The summed E-state index contributed by atoms with van der Waals surface area (Å²) in [6.45, 7) is 4.84. The molecule has 0 spiro atoms. The molecule has 1 saturated heterocycles. The number of carbonyl (C=O) groups is 1. The molecular formula is C13H16N4O3. The van der Waals surface area contributed by atoms with Crippen LogP contribution in [0.5, 0.6) is 0 Å². The quantitative estimate of drug-likeness (QED) is 0.864. The number of hydrogen-bond donors (Lipinski definition) is 1. The molecule has 1 N–H and O–H groups in total. The number of nitrogens with zero attached hydrogens (tertiary/aromatic N) is 3. The normalized spacial score (nSPS) is 16.4. The Morgan fingerprint density at radius 2 is 2.05 bits per heavy atom. The van der Waals surface area contributed by atoms with Crippen molar-refractivity contribution in [3.05, 3.63) is 23.8 Å². The summed E-state index contributed by atoms with van der Waals surface area (Å²) in [5.74, 6) is -0.108. The van der Waals surface area contributed by atoms with Gasteiger partial charge < -0.3 is 10.1 Å². The van der Waals surface area contributed by atoms with Crippen molar-refractivity contribution < 1.29 is 14.2 Å². The highest BCUT2D eigenvalue weighted by Crippen LogP contribution is 2.11. The molecule has 1 aliphatic heterocycles. The van der Waals surface area contributed by atoms with Crippen LogP contribution in [0.2, 0.25) is 0 Å². The first-order valence-corrected chi connectivity index (χ1v) is 6.63. The van der Waals surface area contributed by atoms with Gasteiger partial charge in [0.2, 0.25) is 0 Å². The van der Waals surface area contributed by atoms with Crippen molar-refractivity contribution in [3.8, 4) is 0 Å². The van der Waals surface area contributed by atoms with Gasteiger partial charge in [-0.3, -0.25) is 9.69 Å². The van der Waals surface area contributed by atoms with E-state index in [1.807, 2.05) is 0 Å². The summed E-state index contributed by atoms with van der Waals surface area (Å²) in [4.78, 5) is 14.3. The number of ether oxygens (including phenoxy) is 1. The van der Waals surface area contributed by atoms with Crippen LogP contribution in [0, 0.1) is 0 Å². The van der Waals surface area contributed by atoms with Gasteiger partial charge in [0.25, 0.3) is 5.91 Å². The number of nitrogens with one attached hydrogen (secondary N) is 1. The maximum atomic E-state index is 12.0. The van der Waals surface area contributed by atoms with E-state index in [4.69, 9.17) is 4.74 Å². The van der Waals surface area contributed by atoms with Gasteiger partial charge >= 0.3 is 0 Å². The third-order valence-corrected chi connectivity index (χ3v) is 3.33. The van der Waals surface area contributed by atoms with Crippen LogP contribution in [0.25, 0.3) is 11.0 Å². The molecule has 1 aliphatic rings. The minimum Gasteiger partial charge on any atom is -0.379 e. The van der Waals surface area contributed by atoms with E-state index in [0.29, 0.717) is 23.1 Å². The summed E-state index contributed by atoms with van der Waals surface area (Å²) in [6.07, 6.45) is 0. The first-order chi connectivity index (χ1) is 9.83. The second-order valence-corrected chi connectivity index (χ2v) is 4.68. The number of aromatic nitrogens is 2. The summed E-state index contributed by atoms with van der Waals surface area (Å²) in [5.41, 5.74) is 1.80. The second-order valence-electron chi connectivity index (χ2n) is 4.68. The molecule has 1 aromatic carbocycles. The van der Waals surface area contributed by atoms with Crippen molar-refractivity contribution in [1.82, 2.24) is 20.5 Å². The van der Waals surface area contributed by atoms with E-state index in [9.17, 15) is 4.79 Å². The zero-order chi connectivity index (χ0) is 13.8. The minimum absolute atomic E-state index is 0.108. The van der Waals surface area contributed by atoms with Gasteiger partial charge in [0, 0.05) is 31.7 Å². The molecule has 1 fully saturated rings. The van der Waals surface area contributed by atoms with Crippen molar-refractivity contribution >= 4 is 16.9 Å². The van der Waals surface area contributed by atoms with Crippen molar-refractivity contribution in [1.29, 1.82) is 0 Å². The first kappa shape index (κ1) is 13.0. The molecule has 0 unspecified atom stereocenters. The Kier molecular flexibility index (Phi) is 3.89. The number of morpholine rings is 1. The predicted octanol–water partition coefficient (Wildman–Crippen LogP) is 0.285. The largest absolute Gasteiger partial charge is 0.379 e. The molecule has 3 rings (SSSR count). The SMILES string of the molecule is O=C(NCCN1CCOCC1)c1ccc2nonc2c1. The summed E-state index contributed by atoms with van der Waals surface area (Å²) in [6, 6.07) is 5.12. The highest BCUT2D eigenvalue weighted by molar-refractivity contribution is 5.97. The monoisotopic (exact) mass is 276 g/mol. The second kappa shape index (κ2) is 5.98. The maximum absolute atomic E-state index is 12.0. The van der Waals surface area contributed by atoms with Crippen LogP contribution in [-0.4, -0.2) is 60.5 Å². The lowest BCUT2D eigenvalue weighted by Crippen LogP contribution is -2.41. The van der Waals surface area contributed by atoms with Crippen LogP contribution >= 0.6 is 0 Å². The van der Waals surface area contributed by atoms with Crippen LogP contribution in [0.4, 0.5) is 0 Å². The van der Waals surface area contributed by atoms with Crippen LogP contribution in [-0.2, 0) is 4.74 Å². The molecule has 106 valence electrons. The Hall–Kier alpha value is -1.99. The van der Waals surface area contributed by atoms with Gasteiger partial charge in [0.1, 0.15) is 11.0 Å². The number of carbonyl (C=O) groups excluding carboxylic acids is 1. The van der Waals surface area contributed by atoms with Crippen LogP contribution in [0.15, 0.2) is 22.8 Å². The molecule has 0 bridgehead atoms. The lowest BCUT2D eigenvalue weighted by molar-refractivity contribution is 0.0383. The van der Waals surface area contributed by atoms with Gasteiger partial charge in [-0.1, -0.05) is 0 Å². The Morgan fingerprint density at radius 3 is 2.90 bits per heavy atom. The topological polar surface area (TPSA) is 80.5 Å². The maximum Gasteiger partial charge on any atom is 0.251 e. The lowest BCUT2D eigenvalue weighted by Gasteiger charge is -2.26. The van der Waals surface area contributed by atoms with Crippen molar-refractivity contribution in [2.75, 3.05) is 39.4 Å². The van der Waals surface area contributed by atoms with Gasteiger partial charge in [0.15, 0.2) is 0 Å². The molecule has 20 heavy (non-hydrogen) atoms. The zero-order valence-corrected chi connectivity index (χ0v) is 11.0. The van der Waals surface area contributed by atoms with Gasteiger partial charge in [-0.2, -0.15) is 0 Å². The smallest absolute Gasteiger partial charge is 0.251 e. The van der Waals surface area contributed by atoms with Crippen LogP contribution in [0.1, 0.15) is 10.4 Å². The number of benzene rings is 1.